The van der Waals surface area contributed by atoms with Crippen LogP contribution in [0.3, 0.4) is 0 Å². The Balaban J connectivity index is 1.48. The number of carbonyl (C=O) groups is 2. The fraction of sp³-hybridized carbons (Fsp3) is 0.320. The van der Waals surface area contributed by atoms with Crippen molar-refractivity contribution in [2.24, 2.45) is 7.05 Å². The summed E-state index contributed by atoms with van der Waals surface area (Å²) in [6, 6.07) is 15.9. The van der Waals surface area contributed by atoms with Crippen LogP contribution in [0.25, 0.3) is 0 Å². The van der Waals surface area contributed by atoms with Crippen LogP contribution in [0, 0.1) is 6.92 Å². The van der Waals surface area contributed by atoms with Gasteiger partial charge < -0.3 is 24.8 Å². The molecule has 2 heterocycles. The van der Waals surface area contributed by atoms with Crippen molar-refractivity contribution in [3.63, 3.8) is 0 Å². The second-order valence-corrected chi connectivity index (χ2v) is 8.22. The Labute approximate surface area is 197 Å². The summed E-state index contributed by atoms with van der Waals surface area (Å²) in [4.78, 5) is 26.8. The number of methoxy groups -OCH3 is 1. The molecular formula is C25H28N4O5. The molecule has 2 aromatic carbocycles. The van der Waals surface area contributed by atoms with E-state index in [4.69, 9.17) is 9.47 Å². The quantitative estimate of drug-likeness (QED) is 0.557. The number of amides is 2. The second kappa shape index (κ2) is 10.1. The Kier molecular flexibility index (Phi) is 6.95. The van der Waals surface area contributed by atoms with E-state index < -0.39 is 12.1 Å². The van der Waals surface area contributed by atoms with Gasteiger partial charge in [0.05, 0.1) is 25.5 Å². The number of hydrogen-bond acceptors (Lipinski definition) is 6. The van der Waals surface area contributed by atoms with Crippen LogP contribution in [-0.4, -0.2) is 58.0 Å². The first-order chi connectivity index (χ1) is 16.4. The Morgan fingerprint density at radius 2 is 1.91 bits per heavy atom. The van der Waals surface area contributed by atoms with Crippen LogP contribution in [0.4, 0.5) is 5.69 Å². The molecule has 2 N–H and O–H groups in total. The number of hydrogen-bond donors (Lipinski definition) is 2. The molecule has 1 fully saturated rings. The third kappa shape index (κ3) is 4.95. The molecule has 0 saturated carbocycles. The number of nitrogens with zero attached hydrogens (tertiary/aromatic N) is 3. The van der Waals surface area contributed by atoms with Crippen molar-refractivity contribution in [2.75, 3.05) is 25.6 Å². The molecule has 3 aromatic rings. The van der Waals surface area contributed by atoms with Crippen molar-refractivity contribution in [1.82, 2.24) is 14.7 Å². The first-order valence-electron chi connectivity index (χ1n) is 11.0. The third-order valence-corrected chi connectivity index (χ3v) is 5.89. The fourth-order valence-corrected chi connectivity index (χ4v) is 4.12. The smallest absolute Gasteiger partial charge is 0.273 e. The minimum Gasteiger partial charge on any atom is -0.497 e. The zero-order valence-corrected chi connectivity index (χ0v) is 19.4. The van der Waals surface area contributed by atoms with Crippen LogP contribution in [0.1, 0.15) is 33.4 Å². The third-order valence-electron chi connectivity index (χ3n) is 5.89. The summed E-state index contributed by atoms with van der Waals surface area (Å²) in [7, 11) is 3.32. The van der Waals surface area contributed by atoms with Crippen LogP contribution < -0.4 is 10.1 Å². The number of aliphatic hydroxyl groups is 1. The first-order valence-corrected chi connectivity index (χ1v) is 11.0. The van der Waals surface area contributed by atoms with Gasteiger partial charge in [-0.1, -0.05) is 24.3 Å². The van der Waals surface area contributed by atoms with Gasteiger partial charge in [-0.15, -0.1) is 0 Å². The minimum absolute atomic E-state index is 0.0738. The monoisotopic (exact) mass is 464 g/mol. The van der Waals surface area contributed by atoms with Gasteiger partial charge >= 0.3 is 0 Å². The Morgan fingerprint density at radius 3 is 2.50 bits per heavy atom. The largest absolute Gasteiger partial charge is 0.497 e. The van der Waals surface area contributed by atoms with E-state index >= 15 is 0 Å². The molecule has 2 unspecified atom stereocenters. The maximum atomic E-state index is 12.6. The maximum Gasteiger partial charge on any atom is 0.273 e. The molecule has 0 radical (unpaired) electrons. The van der Waals surface area contributed by atoms with E-state index in [2.05, 4.69) is 10.4 Å². The van der Waals surface area contributed by atoms with Crippen molar-refractivity contribution in [3.05, 3.63) is 77.1 Å². The fourth-order valence-electron chi connectivity index (χ4n) is 4.12. The van der Waals surface area contributed by atoms with Crippen molar-refractivity contribution in [3.8, 4) is 5.75 Å². The standard InChI is InChI=1S/C25H28N4O5/c1-16-12-21(28(2)27-16)25(32)26-19-8-6-18(7-9-19)24-22(14-30)29(23(31)15-34-24)13-17-4-10-20(33-3)11-5-17/h4-12,22,24,30H,13-15H2,1-3H3,(H,26,32). The molecule has 0 spiro atoms. The molecule has 4 rings (SSSR count). The van der Waals surface area contributed by atoms with Gasteiger partial charge in [0.25, 0.3) is 5.91 Å². The van der Waals surface area contributed by atoms with Crippen LogP contribution >= 0.6 is 0 Å². The van der Waals surface area contributed by atoms with Crippen LogP contribution in [0.5, 0.6) is 5.75 Å². The number of aliphatic hydroxyl groups excluding tert-OH is 1. The predicted molar refractivity (Wildman–Crippen MR) is 125 cm³/mol. The Hall–Kier alpha value is -3.69. The number of carbonyl (C=O) groups excluding carboxylic acids is 2. The van der Waals surface area contributed by atoms with Crippen LogP contribution in [0.15, 0.2) is 54.6 Å². The predicted octanol–water partition coefficient (Wildman–Crippen LogP) is 2.45. The zero-order chi connectivity index (χ0) is 24.2. The normalized spacial score (nSPS) is 18.1. The van der Waals surface area contributed by atoms with Crippen molar-refractivity contribution >= 4 is 17.5 Å². The van der Waals surface area contributed by atoms with Gasteiger partial charge in [-0.3, -0.25) is 14.3 Å². The Morgan fingerprint density at radius 1 is 1.21 bits per heavy atom. The average Bonchev–Trinajstić information content (AvgIpc) is 3.19. The molecular weight excluding hydrogens is 436 g/mol. The number of aryl methyl sites for hydroxylation is 2. The number of nitrogens with one attached hydrogen (secondary N) is 1. The van der Waals surface area contributed by atoms with Gasteiger partial charge in [0.15, 0.2) is 0 Å². The highest BCUT2D eigenvalue weighted by molar-refractivity contribution is 6.03. The molecule has 178 valence electrons. The highest BCUT2D eigenvalue weighted by Gasteiger charge is 2.37. The summed E-state index contributed by atoms with van der Waals surface area (Å²) in [6.45, 7) is 1.86. The lowest BCUT2D eigenvalue weighted by molar-refractivity contribution is -0.162. The van der Waals surface area contributed by atoms with Gasteiger partial charge in [-0.05, 0) is 48.4 Å². The molecule has 1 aliphatic heterocycles. The summed E-state index contributed by atoms with van der Waals surface area (Å²) in [5.74, 6) is 0.301. The van der Waals surface area contributed by atoms with Gasteiger partial charge in [0.1, 0.15) is 24.2 Å². The molecule has 9 nitrogen and oxygen atoms in total. The lowest BCUT2D eigenvalue weighted by atomic mass is 9.98. The number of morpholine rings is 1. The van der Waals surface area contributed by atoms with Gasteiger partial charge in [0, 0.05) is 19.3 Å². The highest BCUT2D eigenvalue weighted by Crippen LogP contribution is 2.31. The maximum absolute atomic E-state index is 12.6. The molecule has 1 aliphatic rings. The molecule has 1 aromatic heterocycles. The number of ether oxygens (including phenoxy) is 2. The molecule has 0 aliphatic carbocycles. The molecule has 9 heteroatoms. The van der Waals surface area contributed by atoms with E-state index in [1.54, 1.807) is 37.3 Å². The van der Waals surface area contributed by atoms with Crippen LogP contribution in [-0.2, 0) is 23.1 Å². The molecule has 34 heavy (non-hydrogen) atoms. The van der Waals surface area contributed by atoms with E-state index in [0.29, 0.717) is 17.9 Å². The first kappa shape index (κ1) is 23.5. The lowest BCUT2D eigenvalue weighted by Crippen LogP contribution is -2.52. The number of rotatable bonds is 7. The summed E-state index contributed by atoms with van der Waals surface area (Å²) >= 11 is 0. The lowest BCUT2D eigenvalue weighted by Gasteiger charge is -2.40. The topological polar surface area (TPSA) is 106 Å². The number of aromatic nitrogens is 2. The minimum atomic E-state index is -0.541. The van der Waals surface area contributed by atoms with Gasteiger partial charge in [-0.25, -0.2) is 0 Å². The van der Waals surface area contributed by atoms with E-state index in [1.807, 2.05) is 43.3 Å². The second-order valence-electron chi connectivity index (χ2n) is 8.22. The van der Waals surface area contributed by atoms with Gasteiger partial charge in [-0.2, -0.15) is 5.10 Å². The summed E-state index contributed by atoms with van der Waals surface area (Å²) in [6.07, 6.45) is -0.495. The van der Waals surface area contributed by atoms with Crippen LogP contribution in [0.2, 0.25) is 0 Å². The number of benzene rings is 2. The zero-order valence-electron chi connectivity index (χ0n) is 19.4. The van der Waals surface area contributed by atoms with E-state index in [-0.39, 0.29) is 25.0 Å². The Bertz CT molecular complexity index is 1160. The van der Waals surface area contributed by atoms with Crippen molar-refractivity contribution < 1.29 is 24.2 Å². The van der Waals surface area contributed by atoms with Crippen molar-refractivity contribution in [2.45, 2.75) is 25.6 Å². The van der Waals surface area contributed by atoms with E-state index in [1.165, 1.54) is 4.68 Å². The summed E-state index contributed by atoms with van der Waals surface area (Å²) < 4.78 is 12.6. The van der Waals surface area contributed by atoms with Crippen molar-refractivity contribution in [1.29, 1.82) is 0 Å². The van der Waals surface area contributed by atoms with E-state index in [9.17, 15) is 14.7 Å². The van der Waals surface area contributed by atoms with E-state index in [0.717, 1.165) is 22.6 Å². The highest BCUT2D eigenvalue weighted by atomic mass is 16.5. The SMILES string of the molecule is COc1ccc(CN2C(=O)COC(c3ccc(NC(=O)c4cc(C)nn4C)cc3)C2CO)cc1. The molecule has 2 amide bonds. The average molecular weight is 465 g/mol. The molecule has 1 saturated heterocycles. The molecule has 2 atom stereocenters. The summed E-state index contributed by atoms with van der Waals surface area (Å²) in [5, 5.41) is 17.2. The number of anilines is 1. The van der Waals surface area contributed by atoms with Gasteiger partial charge in [0.2, 0.25) is 5.91 Å². The molecule has 0 bridgehead atoms. The summed E-state index contributed by atoms with van der Waals surface area (Å²) in [5.41, 5.74) is 3.58.